The molecule has 35 heavy (non-hydrogen) atoms. The van der Waals surface area contributed by atoms with Gasteiger partial charge in [-0.3, -0.25) is 4.90 Å². The topological polar surface area (TPSA) is 124 Å². The van der Waals surface area contributed by atoms with Gasteiger partial charge in [-0.2, -0.15) is 0 Å². The molecular weight excluding hydrogens is 470 g/mol. The number of amides is 3. The maximum Gasteiger partial charge on any atom is 0.407 e. The van der Waals surface area contributed by atoms with E-state index in [9.17, 15) is 23.1 Å². The SMILES string of the molecule is CC(C)(C)C1CC(N2C(=O)N(Cc3ccccc3)Cc3cnc(S(C)(=O)=O)nc32)CCN1C(=O)O. The molecule has 2 aromatic rings. The molecule has 1 aromatic heterocycles. The van der Waals surface area contributed by atoms with Gasteiger partial charge in [0.1, 0.15) is 5.82 Å². The van der Waals surface area contributed by atoms with Crippen molar-refractivity contribution in [1.29, 1.82) is 0 Å². The first kappa shape index (κ1) is 24.9. The highest BCUT2D eigenvalue weighted by Crippen LogP contribution is 2.38. The van der Waals surface area contributed by atoms with Gasteiger partial charge in [0.05, 0.1) is 6.54 Å². The van der Waals surface area contributed by atoms with Crippen molar-refractivity contribution in [1.82, 2.24) is 19.8 Å². The molecule has 10 nitrogen and oxygen atoms in total. The number of nitrogens with zero attached hydrogens (tertiary/aromatic N) is 5. The quantitative estimate of drug-likeness (QED) is 0.637. The van der Waals surface area contributed by atoms with Crippen LogP contribution in [0.1, 0.15) is 44.7 Å². The van der Waals surface area contributed by atoms with E-state index in [-0.39, 0.29) is 47.6 Å². The van der Waals surface area contributed by atoms with Crippen LogP contribution in [-0.2, 0) is 22.9 Å². The summed E-state index contributed by atoms with van der Waals surface area (Å²) in [5, 5.41) is 9.43. The van der Waals surface area contributed by atoms with Crippen molar-refractivity contribution in [3.8, 4) is 0 Å². The van der Waals surface area contributed by atoms with Gasteiger partial charge in [-0.1, -0.05) is 51.1 Å². The van der Waals surface area contributed by atoms with Gasteiger partial charge in [-0.25, -0.2) is 28.0 Å². The van der Waals surface area contributed by atoms with Gasteiger partial charge in [-0.15, -0.1) is 0 Å². The molecule has 2 atom stereocenters. The number of hydrogen-bond acceptors (Lipinski definition) is 6. The summed E-state index contributed by atoms with van der Waals surface area (Å²) in [4.78, 5) is 38.8. The molecule has 2 aliphatic rings. The van der Waals surface area contributed by atoms with Crippen LogP contribution >= 0.6 is 0 Å². The molecule has 3 heterocycles. The number of carboxylic acid groups (broad SMARTS) is 1. The Bertz CT molecular complexity index is 1230. The van der Waals surface area contributed by atoms with Crippen molar-refractivity contribution in [3.05, 3.63) is 47.7 Å². The minimum Gasteiger partial charge on any atom is -0.465 e. The summed E-state index contributed by atoms with van der Waals surface area (Å²) in [5.41, 5.74) is 1.26. The standard InChI is InChI=1S/C24H31N5O5S/c1-24(2,3)19-12-18(10-11-28(19)23(31)32)29-20-17(13-25-21(26-20)35(4,33)34)15-27(22(29)30)14-16-8-6-5-7-9-16/h5-9,13,18-19H,10-12,14-15H2,1-4H3,(H,31,32). The molecule has 4 rings (SSSR count). The number of piperidine rings is 1. The van der Waals surface area contributed by atoms with E-state index in [4.69, 9.17) is 0 Å². The lowest BCUT2D eigenvalue weighted by Crippen LogP contribution is -2.59. The van der Waals surface area contributed by atoms with E-state index in [1.54, 1.807) is 9.80 Å². The summed E-state index contributed by atoms with van der Waals surface area (Å²) in [6.07, 6.45) is 2.36. The number of anilines is 1. The minimum absolute atomic E-state index is 0.250. The van der Waals surface area contributed by atoms with E-state index in [0.717, 1.165) is 11.8 Å². The zero-order valence-electron chi connectivity index (χ0n) is 20.4. The first-order valence-corrected chi connectivity index (χ1v) is 13.4. The Morgan fingerprint density at radius 2 is 1.89 bits per heavy atom. The monoisotopic (exact) mass is 501 g/mol. The molecule has 2 aliphatic heterocycles. The third-order valence-electron chi connectivity index (χ3n) is 6.62. The third-order valence-corrected chi connectivity index (χ3v) is 7.48. The molecule has 11 heteroatoms. The first-order chi connectivity index (χ1) is 16.4. The van der Waals surface area contributed by atoms with E-state index in [1.165, 1.54) is 11.1 Å². The van der Waals surface area contributed by atoms with Crippen molar-refractivity contribution in [2.45, 2.75) is 63.9 Å². The van der Waals surface area contributed by atoms with Crippen molar-refractivity contribution >= 4 is 27.8 Å². The van der Waals surface area contributed by atoms with Gasteiger partial charge in [0, 0.05) is 43.2 Å². The maximum atomic E-state index is 13.8. The smallest absolute Gasteiger partial charge is 0.407 e. The Kier molecular flexibility index (Phi) is 6.48. The Morgan fingerprint density at radius 3 is 2.49 bits per heavy atom. The normalized spacial score (nSPS) is 21.1. The van der Waals surface area contributed by atoms with Crippen LogP contribution in [0.3, 0.4) is 0 Å². The molecular formula is C24H31N5O5S. The molecule has 1 N–H and O–H groups in total. The predicted octanol–water partition coefficient (Wildman–Crippen LogP) is 3.38. The van der Waals surface area contributed by atoms with Crippen LogP contribution in [0.2, 0.25) is 0 Å². The second-order valence-electron chi connectivity index (χ2n) is 10.3. The lowest BCUT2D eigenvalue weighted by atomic mass is 9.79. The molecule has 1 fully saturated rings. The fraction of sp³-hybridized carbons (Fsp3) is 0.500. The second-order valence-corrected chi connectivity index (χ2v) is 12.2. The van der Waals surface area contributed by atoms with E-state index in [2.05, 4.69) is 9.97 Å². The number of rotatable bonds is 4. The Hall–Kier alpha value is -3.21. The molecule has 1 saturated heterocycles. The van der Waals surface area contributed by atoms with Gasteiger partial charge < -0.3 is 14.9 Å². The second kappa shape index (κ2) is 9.10. The van der Waals surface area contributed by atoms with Crippen molar-refractivity contribution in [3.63, 3.8) is 0 Å². The predicted molar refractivity (Wildman–Crippen MR) is 130 cm³/mol. The fourth-order valence-electron chi connectivity index (χ4n) is 4.88. The Labute approximate surface area is 205 Å². The molecule has 3 amide bonds. The number of aromatic nitrogens is 2. The average Bonchev–Trinajstić information content (AvgIpc) is 2.78. The molecule has 0 aliphatic carbocycles. The summed E-state index contributed by atoms with van der Waals surface area (Å²) in [6, 6.07) is 8.67. The van der Waals surface area contributed by atoms with Gasteiger partial charge in [0.15, 0.2) is 0 Å². The zero-order valence-corrected chi connectivity index (χ0v) is 21.2. The fourth-order valence-corrected chi connectivity index (χ4v) is 5.38. The summed E-state index contributed by atoms with van der Waals surface area (Å²) in [7, 11) is -3.68. The highest BCUT2D eigenvalue weighted by molar-refractivity contribution is 7.90. The molecule has 1 aromatic carbocycles. The summed E-state index contributed by atoms with van der Waals surface area (Å²) in [6.45, 7) is 6.83. The lowest BCUT2D eigenvalue weighted by Gasteiger charge is -2.48. The molecule has 0 spiro atoms. The van der Waals surface area contributed by atoms with E-state index in [0.29, 0.717) is 24.9 Å². The van der Waals surface area contributed by atoms with Crippen molar-refractivity contribution in [2.75, 3.05) is 17.7 Å². The van der Waals surface area contributed by atoms with E-state index in [1.807, 2.05) is 51.1 Å². The first-order valence-electron chi connectivity index (χ1n) is 11.5. The minimum atomic E-state index is -3.68. The number of carbonyl (C=O) groups is 2. The van der Waals surface area contributed by atoms with Gasteiger partial charge >= 0.3 is 12.1 Å². The van der Waals surface area contributed by atoms with Crippen LogP contribution in [0, 0.1) is 5.41 Å². The Balaban J connectivity index is 1.75. The van der Waals surface area contributed by atoms with Gasteiger partial charge in [-0.05, 0) is 23.8 Å². The molecule has 0 bridgehead atoms. The van der Waals surface area contributed by atoms with Crippen molar-refractivity contribution in [2.24, 2.45) is 5.41 Å². The largest absolute Gasteiger partial charge is 0.465 e. The van der Waals surface area contributed by atoms with Crippen LogP contribution in [0.5, 0.6) is 0 Å². The summed E-state index contributed by atoms with van der Waals surface area (Å²) in [5.74, 6) is 0.288. The van der Waals surface area contributed by atoms with Gasteiger partial charge in [0.25, 0.3) is 0 Å². The van der Waals surface area contributed by atoms with Crippen LogP contribution in [0.15, 0.2) is 41.7 Å². The number of benzene rings is 1. The van der Waals surface area contributed by atoms with Crippen LogP contribution in [-0.4, -0.2) is 70.3 Å². The summed E-state index contributed by atoms with van der Waals surface area (Å²) >= 11 is 0. The van der Waals surface area contributed by atoms with E-state index < -0.39 is 15.9 Å². The number of carbonyl (C=O) groups excluding carboxylic acids is 1. The van der Waals surface area contributed by atoms with Crippen LogP contribution in [0.4, 0.5) is 15.4 Å². The number of urea groups is 1. The van der Waals surface area contributed by atoms with Gasteiger partial charge in [0.2, 0.25) is 15.0 Å². The molecule has 188 valence electrons. The van der Waals surface area contributed by atoms with Crippen LogP contribution < -0.4 is 4.90 Å². The lowest BCUT2D eigenvalue weighted by molar-refractivity contribution is 0.0520. The number of fused-ring (bicyclic) bond motifs is 1. The van der Waals surface area contributed by atoms with Crippen LogP contribution in [0.25, 0.3) is 0 Å². The summed E-state index contributed by atoms with van der Waals surface area (Å²) < 4.78 is 24.4. The number of likely N-dealkylation sites (tertiary alicyclic amines) is 1. The molecule has 0 saturated carbocycles. The zero-order chi connectivity index (χ0) is 25.5. The average molecular weight is 502 g/mol. The number of sulfone groups is 1. The number of hydrogen-bond donors (Lipinski definition) is 1. The van der Waals surface area contributed by atoms with Crippen molar-refractivity contribution < 1.29 is 23.1 Å². The molecule has 2 unspecified atom stereocenters. The maximum absolute atomic E-state index is 13.8. The molecule has 0 radical (unpaired) electrons. The highest BCUT2D eigenvalue weighted by Gasteiger charge is 2.44. The third kappa shape index (κ3) is 5.09. The van der Waals surface area contributed by atoms with E-state index >= 15 is 0 Å². The highest BCUT2D eigenvalue weighted by atomic mass is 32.2. The Morgan fingerprint density at radius 1 is 1.20 bits per heavy atom.